The number of ether oxygens (including phenoxy) is 1. The molecule has 0 amide bonds. The number of hydrogen-bond acceptors (Lipinski definition) is 6. The molecule has 1 heterocycles. The van der Waals surface area contributed by atoms with Crippen LogP contribution in [0.5, 0.6) is 5.75 Å². The number of rotatable bonds is 7. The Morgan fingerprint density at radius 1 is 1.23 bits per heavy atom. The van der Waals surface area contributed by atoms with Crippen LogP contribution in [0.3, 0.4) is 0 Å². The summed E-state index contributed by atoms with van der Waals surface area (Å²) in [7, 11) is -0.849. The molecule has 2 aromatic carbocycles. The number of benzene rings is 2. The van der Waals surface area contributed by atoms with Gasteiger partial charge in [-0.3, -0.25) is 10.1 Å². The number of methoxy groups -OCH3 is 1. The maximum absolute atomic E-state index is 13.3. The summed E-state index contributed by atoms with van der Waals surface area (Å²) in [5.74, 6) is 1.03. The molecule has 0 saturated carbocycles. The minimum absolute atomic E-state index is 0.142. The molecule has 0 aliphatic heterocycles. The van der Waals surface area contributed by atoms with Gasteiger partial charge in [-0.15, -0.1) is 0 Å². The van der Waals surface area contributed by atoms with Crippen molar-refractivity contribution in [2.45, 2.75) is 24.8 Å². The van der Waals surface area contributed by atoms with E-state index in [9.17, 15) is 18.5 Å². The fourth-order valence-electron chi connectivity index (χ4n) is 3.16. The van der Waals surface area contributed by atoms with Gasteiger partial charge < -0.3 is 9.30 Å². The molecule has 3 aromatic rings. The highest BCUT2D eigenvalue weighted by Gasteiger charge is 2.29. The first-order valence-corrected chi connectivity index (χ1v) is 10.5. The molecule has 0 saturated heterocycles. The molecule has 0 radical (unpaired) electrons. The van der Waals surface area contributed by atoms with Crippen molar-refractivity contribution in [2.24, 2.45) is 7.05 Å². The Bertz CT molecular complexity index is 1200. The van der Waals surface area contributed by atoms with Crippen molar-refractivity contribution in [3.05, 3.63) is 81.4 Å². The monoisotopic (exact) mass is 430 g/mol. The lowest BCUT2D eigenvalue weighted by Gasteiger charge is -2.20. The van der Waals surface area contributed by atoms with E-state index in [1.807, 2.05) is 0 Å². The Morgan fingerprint density at radius 2 is 1.97 bits per heavy atom. The first kappa shape index (κ1) is 21.5. The molecule has 1 N–H and O–H groups in total. The quantitative estimate of drug-likeness (QED) is 0.455. The highest BCUT2D eigenvalue weighted by Crippen LogP contribution is 2.29. The van der Waals surface area contributed by atoms with E-state index in [4.69, 9.17) is 4.74 Å². The number of imidazole rings is 1. The fourth-order valence-corrected chi connectivity index (χ4v) is 4.68. The number of nitro benzene ring substituents is 1. The Labute approximate surface area is 174 Å². The first-order valence-electron chi connectivity index (χ1n) is 9.03. The summed E-state index contributed by atoms with van der Waals surface area (Å²) in [6.07, 6.45) is 3.28. The highest BCUT2D eigenvalue weighted by molar-refractivity contribution is 7.89. The average molecular weight is 430 g/mol. The van der Waals surface area contributed by atoms with E-state index < -0.39 is 21.0 Å². The van der Waals surface area contributed by atoms with Crippen LogP contribution in [-0.4, -0.2) is 30.0 Å². The number of nitrogens with one attached hydrogen (secondary N) is 1. The fraction of sp³-hybridized carbons (Fsp3) is 0.250. The molecule has 0 bridgehead atoms. The van der Waals surface area contributed by atoms with Gasteiger partial charge in [0.1, 0.15) is 17.6 Å². The van der Waals surface area contributed by atoms with E-state index in [1.54, 1.807) is 62.1 Å². The third-order valence-electron chi connectivity index (χ3n) is 4.92. The van der Waals surface area contributed by atoms with Crippen LogP contribution in [0.1, 0.15) is 28.6 Å². The Hall–Kier alpha value is -3.24. The topological polar surface area (TPSA) is 116 Å². The normalized spacial score (nSPS) is 12.5. The van der Waals surface area contributed by atoms with E-state index in [0.29, 0.717) is 28.3 Å². The smallest absolute Gasteiger partial charge is 0.271 e. The molecule has 0 aliphatic carbocycles. The van der Waals surface area contributed by atoms with Gasteiger partial charge in [-0.05, 0) is 42.7 Å². The molecule has 30 heavy (non-hydrogen) atoms. The number of aromatic nitrogens is 2. The molecule has 1 atom stereocenters. The van der Waals surface area contributed by atoms with Crippen LogP contribution in [0.4, 0.5) is 5.69 Å². The van der Waals surface area contributed by atoms with Crippen molar-refractivity contribution in [3.63, 3.8) is 0 Å². The van der Waals surface area contributed by atoms with Crippen molar-refractivity contribution in [2.75, 3.05) is 7.11 Å². The summed E-state index contributed by atoms with van der Waals surface area (Å²) >= 11 is 0. The Morgan fingerprint density at radius 3 is 2.57 bits per heavy atom. The van der Waals surface area contributed by atoms with Crippen LogP contribution in [-0.2, 0) is 17.1 Å². The van der Waals surface area contributed by atoms with Gasteiger partial charge in [-0.1, -0.05) is 12.1 Å². The van der Waals surface area contributed by atoms with Gasteiger partial charge in [0.25, 0.3) is 5.69 Å². The molecule has 1 unspecified atom stereocenters. The molecule has 0 spiro atoms. The van der Waals surface area contributed by atoms with Crippen LogP contribution in [0.15, 0.2) is 53.7 Å². The van der Waals surface area contributed by atoms with E-state index in [2.05, 4.69) is 9.71 Å². The Kier molecular flexibility index (Phi) is 5.90. The number of nitrogens with zero attached hydrogens (tertiary/aromatic N) is 3. The SMILES string of the molecule is COc1cccc(C(NS(=O)(=O)c2cc([N+](=O)[O-])cc(C)c2C)c2nccn2C)c1. The number of nitro groups is 1. The molecule has 0 fully saturated rings. The summed E-state index contributed by atoms with van der Waals surface area (Å²) in [5, 5.41) is 11.3. The molecule has 0 aliphatic rings. The molecule has 1 aromatic heterocycles. The second-order valence-corrected chi connectivity index (χ2v) is 8.55. The lowest BCUT2D eigenvalue weighted by Crippen LogP contribution is -2.31. The Balaban J connectivity index is 2.13. The molecule has 3 rings (SSSR count). The largest absolute Gasteiger partial charge is 0.497 e. The number of non-ortho nitro benzene ring substituents is 1. The second-order valence-electron chi connectivity index (χ2n) is 6.87. The van der Waals surface area contributed by atoms with Crippen LogP contribution in [0.25, 0.3) is 0 Å². The summed E-state index contributed by atoms with van der Waals surface area (Å²) in [6.45, 7) is 3.26. The van der Waals surface area contributed by atoms with Crippen LogP contribution < -0.4 is 9.46 Å². The third kappa shape index (κ3) is 4.19. The number of aryl methyl sites for hydroxylation is 2. The third-order valence-corrected chi connectivity index (χ3v) is 6.47. The summed E-state index contributed by atoms with van der Waals surface area (Å²) in [5.41, 5.74) is 1.29. The predicted molar refractivity (Wildman–Crippen MR) is 111 cm³/mol. The van der Waals surface area contributed by atoms with Gasteiger partial charge in [-0.2, -0.15) is 4.72 Å². The van der Waals surface area contributed by atoms with Gasteiger partial charge in [0.2, 0.25) is 10.0 Å². The van der Waals surface area contributed by atoms with Crippen molar-refractivity contribution >= 4 is 15.7 Å². The average Bonchev–Trinajstić information content (AvgIpc) is 3.13. The zero-order chi connectivity index (χ0) is 22.1. The number of hydrogen-bond donors (Lipinski definition) is 1. The van der Waals surface area contributed by atoms with Crippen LogP contribution in [0.2, 0.25) is 0 Å². The minimum atomic E-state index is -4.13. The zero-order valence-electron chi connectivity index (χ0n) is 17.0. The maximum Gasteiger partial charge on any atom is 0.271 e. The van der Waals surface area contributed by atoms with Gasteiger partial charge >= 0.3 is 0 Å². The van der Waals surface area contributed by atoms with Crippen LogP contribution >= 0.6 is 0 Å². The van der Waals surface area contributed by atoms with Crippen molar-refractivity contribution in [3.8, 4) is 5.75 Å². The second kappa shape index (κ2) is 8.25. The summed E-state index contributed by atoms with van der Waals surface area (Å²) < 4.78 is 36.3. The van der Waals surface area contributed by atoms with Crippen molar-refractivity contribution < 1.29 is 18.1 Å². The molecular weight excluding hydrogens is 408 g/mol. The lowest BCUT2D eigenvalue weighted by atomic mass is 10.1. The van der Waals surface area contributed by atoms with Gasteiger partial charge in [0, 0.05) is 31.6 Å². The lowest BCUT2D eigenvalue weighted by molar-refractivity contribution is -0.385. The van der Waals surface area contributed by atoms with Crippen molar-refractivity contribution in [1.82, 2.24) is 14.3 Å². The van der Waals surface area contributed by atoms with E-state index in [0.717, 1.165) is 6.07 Å². The zero-order valence-corrected chi connectivity index (χ0v) is 17.8. The van der Waals surface area contributed by atoms with Gasteiger partial charge in [0.05, 0.1) is 16.9 Å². The van der Waals surface area contributed by atoms with Crippen LogP contribution in [0, 0.1) is 24.0 Å². The summed E-state index contributed by atoms with van der Waals surface area (Å²) in [6, 6.07) is 8.58. The van der Waals surface area contributed by atoms with Gasteiger partial charge in [-0.25, -0.2) is 13.4 Å². The van der Waals surface area contributed by atoms with E-state index in [1.165, 1.54) is 13.2 Å². The number of sulfonamides is 1. The molecular formula is C20H22N4O5S. The highest BCUT2D eigenvalue weighted by atomic mass is 32.2. The van der Waals surface area contributed by atoms with Crippen molar-refractivity contribution in [1.29, 1.82) is 0 Å². The molecule has 10 heteroatoms. The van der Waals surface area contributed by atoms with E-state index in [-0.39, 0.29) is 10.6 Å². The standard InChI is InChI=1S/C20H22N4O5S/c1-13-10-16(24(25)26)12-18(14(13)2)30(27,28)22-19(20-21-8-9-23(20)3)15-6-5-7-17(11-15)29-4/h5-12,19,22H,1-4H3. The molecule has 158 valence electrons. The predicted octanol–water partition coefficient (Wildman–Crippen LogP) is 3.02. The van der Waals surface area contributed by atoms with Gasteiger partial charge in [0.15, 0.2) is 0 Å². The molecule has 9 nitrogen and oxygen atoms in total. The maximum atomic E-state index is 13.3. The minimum Gasteiger partial charge on any atom is -0.497 e. The summed E-state index contributed by atoms with van der Waals surface area (Å²) in [4.78, 5) is 14.8. The first-order chi connectivity index (χ1) is 14.1. The van der Waals surface area contributed by atoms with E-state index >= 15 is 0 Å².